The minimum Gasteiger partial charge on any atom is -0.477 e. The number of rotatable bonds is 36. The Morgan fingerprint density at radius 3 is 1.11 bits per heavy atom. The first-order valence-corrected chi connectivity index (χ1v) is 39.9. The van der Waals surface area contributed by atoms with E-state index >= 15 is 0 Å². The molecule has 10 fully saturated rings. The van der Waals surface area contributed by atoms with Crippen molar-refractivity contribution in [3.8, 4) is 0 Å². The van der Waals surface area contributed by atoms with Crippen molar-refractivity contribution in [1.29, 1.82) is 0 Å². The van der Waals surface area contributed by atoms with Crippen molar-refractivity contribution in [2.75, 3.05) is 66.1 Å². The average molecular weight is 1880 g/mol. The zero-order valence-corrected chi connectivity index (χ0v) is 66.3. The Labute approximate surface area is 714 Å². The van der Waals surface area contributed by atoms with Crippen LogP contribution in [0.2, 0.25) is 0 Å². The number of carboxylic acids is 1. The van der Waals surface area contributed by atoms with E-state index in [0.717, 1.165) is 0 Å². The van der Waals surface area contributed by atoms with Gasteiger partial charge in [-0.15, -0.1) is 0 Å². The van der Waals surface area contributed by atoms with E-state index in [1.807, 2.05) is 0 Å². The van der Waals surface area contributed by atoms with Gasteiger partial charge < -0.3 is 290 Å². The minimum atomic E-state index is -3.48. The Morgan fingerprint density at radius 2 is 0.638 bits per heavy atom. The number of ether oxygens (including phenoxy) is 19. The molecule has 742 valence electrons. The minimum absolute atomic E-state index is 0.926. The van der Waals surface area contributed by atoms with E-state index in [1.165, 1.54) is 0 Å². The fraction of sp³-hybridized carbons (Fsp3) is 0.985. The highest BCUT2D eigenvalue weighted by molar-refractivity contribution is 5.75. The molecule has 127 heavy (non-hydrogen) atoms. The molecule has 10 saturated heterocycles. The van der Waals surface area contributed by atoms with Crippen molar-refractivity contribution in [3.63, 3.8) is 0 Å². The van der Waals surface area contributed by atoms with Crippen LogP contribution in [0.1, 0.15) is 6.42 Å². The highest BCUT2D eigenvalue weighted by atomic mass is 16.8. The lowest BCUT2D eigenvalue weighted by Gasteiger charge is -2.53. The Morgan fingerprint density at radius 1 is 0.307 bits per heavy atom. The Balaban J connectivity index is 1.05. The van der Waals surface area contributed by atoms with Gasteiger partial charge in [-0.05, 0) is 0 Å². The van der Waals surface area contributed by atoms with Gasteiger partial charge in [0, 0.05) is 6.42 Å². The van der Waals surface area contributed by atoms with Crippen molar-refractivity contribution >= 4 is 5.97 Å². The van der Waals surface area contributed by atoms with Crippen LogP contribution in [0, 0.1) is 0 Å². The van der Waals surface area contributed by atoms with Crippen LogP contribution >= 0.6 is 0 Å². The van der Waals surface area contributed by atoms with Gasteiger partial charge in [0.2, 0.25) is 0 Å². The van der Waals surface area contributed by atoms with Crippen LogP contribution in [0.15, 0.2) is 0 Å². The number of aliphatic hydroxyl groups is 37. The van der Waals surface area contributed by atoms with Crippen molar-refractivity contribution in [3.05, 3.63) is 0 Å². The summed E-state index contributed by atoms with van der Waals surface area (Å²) in [4.78, 5) is 12.5. The van der Waals surface area contributed by atoms with Crippen LogP contribution in [0.3, 0.4) is 0 Å². The predicted octanol–water partition coefficient (Wildman–Crippen LogP) is -26.8. The number of hydrogen-bond acceptors (Lipinski definition) is 58. The average Bonchev–Trinajstić information content (AvgIpc) is 0.740. The molecule has 10 heterocycles. The molecule has 0 radical (unpaired) electrons. The summed E-state index contributed by atoms with van der Waals surface area (Å²) >= 11 is 0. The maximum absolute atomic E-state index is 13.1. The monoisotopic (exact) mass is 1880 g/mol. The van der Waals surface area contributed by atoms with Crippen LogP contribution in [0.4, 0.5) is 0 Å². The van der Waals surface area contributed by atoms with Gasteiger partial charge in [0.1, 0.15) is 269 Å². The van der Waals surface area contributed by atoms with E-state index in [-0.39, 0.29) is 0 Å². The SMILES string of the molecule is N[C@H]1[C@@H](OC[C@H](O)[C@H]2O[C@H](O[C@@H]3[C@@H](O[C@@H]4[C@H](O)[C@@H](O[C@H]5[C@@H]([C@H](O)CO)OC(O)(C(=O)O)C[C@H]5O)O[C@H]([C@H](CO)O[C@H]5O[C@H]([C@@H](O)CO)[C@@H](O)[C@H](O)[C@@H]5O)[C@H]4O[C@@H]4O[C@H](CO[C@H]5O[C@H]([C@@H](CO)O[C@H]6O[C@H]([C@H](O)CO)[C@@H](O)[C@H](O)[C@@H]6O)[C@@H](O[C@@H]6O[C@H](CO)[C@H](O)[C@H](O)[C@H]6O)[C@H](O)[C@@H]5O)[C@@H](O)[C@H](O)[C@H]4O)O[C@H]([C@@H](O)CO)[C@@H](O)[C@@H]3O)[C@@H](O)[C@@H](O)[C@@H]2O)O[C@H](CO)[C@@H](O)[C@@H]1O. The van der Waals surface area contributed by atoms with Gasteiger partial charge in [-0.2, -0.15) is 0 Å². The molecular formula is C68H117NO58. The maximum atomic E-state index is 13.1. The lowest BCUT2D eigenvalue weighted by atomic mass is 9.91. The molecule has 0 aromatic rings. The molecule has 0 aromatic heterocycles. The second-order valence-electron chi connectivity index (χ2n) is 32.1. The highest BCUT2D eigenvalue weighted by Crippen LogP contribution is 2.43. The van der Waals surface area contributed by atoms with Crippen molar-refractivity contribution in [2.24, 2.45) is 5.73 Å². The number of hydrogen-bond donors (Lipinski definition) is 39. The fourth-order valence-electron chi connectivity index (χ4n) is 16.0. The molecule has 56 atom stereocenters. The summed E-state index contributed by atoms with van der Waals surface area (Å²) < 4.78 is 111. The van der Waals surface area contributed by atoms with Gasteiger partial charge >= 0.3 is 5.97 Å². The summed E-state index contributed by atoms with van der Waals surface area (Å²) in [6, 6.07) is -1.62. The van der Waals surface area contributed by atoms with Crippen molar-refractivity contribution in [1.82, 2.24) is 0 Å². The summed E-state index contributed by atoms with van der Waals surface area (Å²) in [5.74, 6) is -5.72. The number of carboxylic acid groups (broad SMARTS) is 1. The molecule has 59 nitrogen and oxygen atoms in total. The summed E-state index contributed by atoms with van der Waals surface area (Å²) in [5.41, 5.74) is 5.97. The summed E-state index contributed by atoms with van der Waals surface area (Å²) in [5, 5.41) is 421. The molecule has 0 bridgehead atoms. The highest BCUT2D eigenvalue weighted by Gasteiger charge is 2.64. The van der Waals surface area contributed by atoms with Crippen LogP contribution in [0.25, 0.3) is 0 Å². The van der Waals surface area contributed by atoms with E-state index in [0.29, 0.717) is 0 Å². The molecule has 0 aromatic carbocycles. The Kier molecular flexibility index (Phi) is 38.0. The fourth-order valence-corrected chi connectivity index (χ4v) is 16.0. The van der Waals surface area contributed by atoms with Crippen molar-refractivity contribution in [2.45, 2.75) is 350 Å². The largest absolute Gasteiger partial charge is 0.477 e. The molecule has 10 rings (SSSR count). The van der Waals surface area contributed by atoms with Crippen molar-refractivity contribution < 1.29 is 289 Å². The number of aliphatic hydroxyl groups excluding tert-OH is 36. The third-order valence-corrected chi connectivity index (χ3v) is 23.5. The van der Waals surface area contributed by atoms with E-state index in [4.69, 9.17) is 95.7 Å². The van der Waals surface area contributed by atoms with E-state index < -0.39 is 422 Å². The van der Waals surface area contributed by atoms with Crippen LogP contribution in [-0.4, -0.2) is 609 Å². The van der Waals surface area contributed by atoms with Crippen LogP contribution in [0.5, 0.6) is 0 Å². The first-order valence-electron chi connectivity index (χ1n) is 39.9. The smallest absolute Gasteiger partial charge is 0.364 e. The van der Waals surface area contributed by atoms with Crippen LogP contribution < -0.4 is 5.73 Å². The molecular weight excluding hydrogens is 1760 g/mol. The van der Waals surface area contributed by atoms with Gasteiger partial charge in [-0.3, -0.25) is 0 Å². The van der Waals surface area contributed by atoms with E-state index in [9.17, 15) is 199 Å². The molecule has 10 aliphatic rings. The maximum Gasteiger partial charge on any atom is 0.364 e. The zero-order chi connectivity index (χ0) is 94.0. The standard InChI is InChI=1S/C68H117NO58/c69-23-27(87)24(84)18(6-74)111-58(23)109-10-17(83)49-35(95)32(92)43(103)64(118-49)125-56-37(97)36(96)48(15(81)4-72)119-66(56)124-55-45(105)65(120-50-12(78)1-68(108,67(106)107)127-51(50)16(82)5-73)122-53(21(9-77)114-62-42(102)31(91)34(94)47(117-62)14(80)3-71)57(55)126-63-40(100)29(89)26(86)22(115-63)11-110-59-44(104)38(98)54(123-60-39(99)28(88)25(85)19(7-75)112-60)52(121-59)20(8-76)113-61-41(101)30(90)33(93)46(116-61)13(79)2-70/h12-66,70-105,108H,1-11,69H2,(H,106,107)/t12-,13-,14+,15+,16-,17+,18-,19-,20-,21+,22-,23-,24-,25+,26-,27-,28+,29+,30+,31+,32+,33+,34+,35+,36+,37+,38-,39-,40-,41+,42+,43+,44+,45+,46-,47-,48-,49-,50-,51-,52-,53-,54+,55-,56+,57-,58+,59+,60+,61+,62+,63+,64-,65+,66-,68?/m1/s1. The third-order valence-electron chi connectivity index (χ3n) is 23.5. The van der Waals surface area contributed by atoms with Gasteiger partial charge in [-0.25, -0.2) is 4.79 Å². The molecule has 10 aliphatic heterocycles. The normalized spacial score (nSPS) is 50.3. The van der Waals surface area contributed by atoms with Gasteiger partial charge in [-0.1, -0.05) is 0 Å². The summed E-state index contributed by atoms with van der Waals surface area (Å²) in [7, 11) is 0. The van der Waals surface area contributed by atoms with Gasteiger partial charge in [0.05, 0.1) is 78.2 Å². The molecule has 59 heteroatoms. The molecule has 0 spiro atoms. The summed E-state index contributed by atoms with van der Waals surface area (Å²) in [6.07, 6.45) is -132. The molecule has 40 N–H and O–H groups in total. The predicted molar refractivity (Wildman–Crippen MR) is 379 cm³/mol. The number of aliphatic carboxylic acids is 1. The number of nitrogens with two attached hydrogens (primary N) is 1. The zero-order valence-electron chi connectivity index (χ0n) is 66.3. The van der Waals surface area contributed by atoms with Gasteiger partial charge in [0.25, 0.3) is 5.79 Å². The second kappa shape index (κ2) is 45.4. The molecule has 0 amide bonds. The third kappa shape index (κ3) is 22.6. The van der Waals surface area contributed by atoms with Crippen LogP contribution in [-0.2, 0) is 94.8 Å². The summed E-state index contributed by atoms with van der Waals surface area (Å²) in [6.45, 7) is -12.9. The molecule has 0 saturated carbocycles. The topological polar surface area (TPSA) is 987 Å². The van der Waals surface area contributed by atoms with E-state index in [1.54, 1.807) is 0 Å². The lowest BCUT2D eigenvalue weighted by Crippen LogP contribution is -2.71. The quantitative estimate of drug-likeness (QED) is 0.0277. The first kappa shape index (κ1) is 106. The lowest BCUT2D eigenvalue weighted by molar-refractivity contribution is -0.419. The van der Waals surface area contributed by atoms with E-state index in [2.05, 4.69) is 0 Å². The molecule has 0 aliphatic carbocycles. The first-order chi connectivity index (χ1) is 59.8. The Hall–Kier alpha value is -2.81. The second-order valence-corrected chi connectivity index (χ2v) is 32.1. The van der Waals surface area contributed by atoms with Gasteiger partial charge in [0.15, 0.2) is 56.6 Å². The number of carbonyl (C=O) groups is 1. The Bertz CT molecular complexity index is 3310. The molecule has 1 unspecified atom stereocenters.